The average Bonchev–Trinajstić information content (AvgIpc) is 3.06. The number of ether oxygens (including phenoxy) is 2. The Morgan fingerprint density at radius 2 is 1.13 bits per heavy atom. The summed E-state index contributed by atoms with van der Waals surface area (Å²) < 4.78 is 38.0. The summed E-state index contributed by atoms with van der Waals surface area (Å²) in [4.78, 5) is 0.385. The molecular formula is C42H66O4S. The first-order valence-corrected chi connectivity index (χ1v) is 18.4. The van der Waals surface area contributed by atoms with Crippen LogP contribution >= 0.6 is 0 Å². The number of allylic oxidation sites excluding steroid dienone is 9. The molecule has 0 saturated heterocycles. The minimum Gasteiger partial charge on any atom is -0.488 e. The fraction of sp³-hybridized carbons (Fsp3) is 0.429. The van der Waals surface area contributed by atoms with E-state index >= 15 is 0 Å². The second kappa shape index (κ2) is 24.6. The van der Waals surface area contributed by atoms with Gasteiger partial charge in [-0.05, 0) is 112 Å². The lowest BCUT2D eigenvalue weighted by Gasteiger charge is -2.21. The van der Waals surface area contributed by atoms with Gasteiger partial charge in [-0.15, -0.1) is 0 Å². The summed E-state index contributed by atoms with van der Waals surface area (Å²) in [5.41, 5.74) is 2.70. The molecule has 0 heterocycles. The van der Waals surface area contributed by atoms with Gasteiger partial charge in [-0.2, -0.15) is 0 Å². The number of hydrogen-bond donors (Lipinski definition) is 0. The van der Waals surface area contributed by atoms with Crippen molar-refractivity contribution >= 4 is 9.84 Å². The molecule has 0 spiro atoms. The van der Waals surface area contributed by atoms with Crippen LogP contribution in [-0.4, -0.2) is 14.0 Å². The van der Waals surface area contributed by atoms with E-state index in [4.69, 9.17) is 9.47 Å². The molecule has 0 aromatic heterocycles. The second-order valence-electron chi connectivity index (χ2n) is 11.2. The van der Waals surface area contributed by atoms with Gasteiger partial charge in [-0.25, -0.2) is 8.42 Å². The van der Waals surface area contributed by atoms with Crippen LogP contribution in [0.15, 0.2) is 130 Å². The van der Waals surface area contributed by atoms with Gasteiger partial charge in [-0.3, -0.25) is 0 Å². The fourth-order valence-electron chi connectivity index (χ4n) is 3.24. The Bertz CT molecular complexity index is 1390. The molecule has 0 aliphatic heterocycles. The summed E-state index contributed by atoms with van der Waals surface area (Å²) in [6, 6.07) is 12.8. The van der Waals surface area contributed by atoms with Crippen LogP contribution in [0.4, 0.5) is 0 Å². The van der Waals surface area contributed by atoms with Crippen molar-refractivity contribution in [2.45, 2.75) is 126 Å². The van der Waals surface area contributed by atoms with Crippen LogP contribution in [0.2, 0.25) is 0 Å². The first-order valence-electron chi connectivity index (χ1n) is 16.9. The van der Waals surface area contributed by atoms with E-state index in [9.17, 15) is 8.42 Å². The standard InChI is InChI=1S/C34H42O4S.4C2H6/c1-11-27(15-14-26(4)33(5,6)7)25(3)13-16-28(12-2)37-29-17-21-31(22-18-29)39(35,36)32-23-19-30(20-24-32)38-34(8,9)10;4*1-2/h11-24H,1,3H2,2,4-10H3;4*1-2H3/b16-13-,26-14+,27-15+,28-12+;;;;. The SMILES string of the molecule is C=C/C(=C\C=C(/C)C(C)(C)C)C(=C)/C=C\C(=C/C)Oc1ccc(S(=O)(=O)c2ccc(OC(C)(C)C)cc2)cc1.CC.CC.CC.CC. The molecule has 0 atom stereocenters. The molecule has 0 bridgehead atoms. The molecule has 0 unspecified atom stereocenters. The lowest BCUT2D eigenvalue weighted by molar-refractivity contribution is 0.131. The highest BCUT2D eigenvalue weighted by atomic mass is 32.2. The maximum absolute atomic E-state index is 13.1. The third-order valence-corrected chi connectivity index (χ3v) is 7.73. The average molecular weight is 667 g/mol. The normalized spacial score (nSPS) is 12.0. The van der Waals surface area contributed by atoms with Gasteiger partial charge in [0.25, 0.3) is 0 Å². The molecule has 264 valence electrons. The van der Waals surface area contributed by atoms with Crippen LogP contribution in [0.25, 0.3) is 0 Å². The lowest BCUT2D eigenvalue weighted by atomic mass is 9.87. The van der Waals surface area contributed by atoms with Crippen molar-refractivity contribution in [3.05, 3.63) is 121 Å². The molecule has 0 radical (unpaired) electrons. The second-order valence-corrected chi connectivity index (χ2v) is 13.2. The van der Waals surface area contributed by atoms with E-state index in [0.717, 1.165) is 11.1 Å². The summed E-state index contributed by atoms with van der Waals surface area (Å²) in [6.45, 7) is 40.4. The van der Waals surface area contributed by atoms with Gasteiger partial charge >= 0.3 is 0 Å². The zero-order valence-corrected chi connectivity index (χ0v) is 33.4. The van der Waals surface area contributed by atoms with Crippen LogP contribution < -0.4 is 9.47 Å². The van der Waals surface area contributed by atoms with E-state index in [1.807, 2.05) is 107 Å². The van der Waals surface area contributed by atoms with Crippen molar-refractivity contribution in [1.82, 2.24) is 0 Å². The van der Waals surface area contributed by atoms with Crippen LogP contribution in [0, 0.1) is 5.41 Å². The first-order chi connectivity index (χ1) is 22.1. The summed E-state index contributed by atoms with van der Waals surface area (Å²) in [6.07, 6.45) is 11.4. The molecule has 4 nitrogen and oxygen atoms in total. The highest BCUT2D eigenvalue weighted by Gasteiger charge is 2.19. The number of rotatable bonds is 10. The quantitative estimate of drug-likeness (QED) is 0.187. The van der Waals surface area contributed by atoms with Gasteiger partial charge < -0.3 is 9.47 Å². The van der Waals surface area contributed by atoms with Crippen molar-refractivity contribution in [3.63, 3.8) is 0 Å². The molecule has 2 aromatic carbocycles. The smallest absolute Gasteiger partial charge is 0.206 e. The summed E-state index contributed by atoms with van der Waals surface area (Å²) in [5.74, 6) is 1.74. The maximum Gasteiger partial charge on any atom is 0.206 e. The zero-order chi connectivity index (χ0) is 37.4. The van der Waals surface area contributed by atoms with Gasteiger partial charge in [0.05, 0.1) is 9.79 Å². The van der Waals surface area contributed by atoms with E-state index in [2.05, 4.69) is 46.9 Å². The minimum atomic E-state index is -3.68. The Morgan fingerprint density at radius 3 is 1.49 bits per heavy atom. The van der Waals surface area contributed by atoms with Crippen LogP contribution in [0.5, 0.6) is 11.5 Å². The zero-order valence-electron chi connectivity index (χ0n) is 32.5. The molecule has 2 rings (SSSR count). The molecule has 47 heavy (non-hydrogen) atoms. The van der Waals surface area contributed by atoms with Crippen LogP contribution in [-0.2, 0) is 9.84 Å². The maximum atomic E-state index is 13.1. The predicted octanol–water partition coefficient (Wildman–Crippen LogP) is 13.3. The van der Waals surface area contributed by atoms with E-state index in [0.29, 0.717) is 17.3 Å². The van der Waals surface area contributed by atoms with Crippen molar-refractivity contribution < 1.29 is 17.9 Å². The van der Waals surface area contributed by atoms with Gasteiger partial charge in [0.1, 0.15) is 22.9 Å². The molecule has 0 fully saturated rings. The third-order valence-electron chi connectivity index (χ3n) is 5.95. The van der Waals surface area contributed by atoms with E-state index in [-0.39, 0.29) is 20.8 Å². The van der Waals surface area contributed by atoms with Crippen LogP contribution in [0.3, 0.4) is 0 Å². The largest absolute Gasteiger partial charge is 0.488 e. The Kier molecular flexibility index (Phi) is 25.0. The van der Waals surface area contributed by atoms with Gasteiger partial charge in [0.15, 0.2) is 0 Å². The number of sulfone groups is 1. The molecule has 0 aliphatic rings. The number of benzene rings is 2. The van der Waals surface area contributed by atoms with Gasteiger partial charge in [0, 0.05) is 0 Å². The molecule has 2 aromatic rings. The van der Waals surface area contributed by atoms with Crippen LogP contribution in [0.1, 0.15) is 111 Å². The molecular weight excluding hydrogens is 601 g/mol. The van der Waals surface area contributed by atoms with Crippen molar-refractivity contribution in [1.29, 1.82) is 0 Å². The Morgan fingerprint density at radius 1 is 0.702 bits per heavy atom. The monoisotopic (exact) mass is 666 g/mol. The first kappa shape index (κ1) is 47.8. The molecule has 0 saturated carbocycles. The summed E-state index contributed by atoms with van der Waals surface area (Å²) in [7, 11) is -3.68. The van der Waals surface area contributed by atoms with Crippen molar-refractivity contribution in [2.24, 2.45) is 5.41 Å². The Labute approximate surface area is 290 Å². The van der Waals surface area contributed by atoms with Gasteiger partial charge in [-0.1, -0.05) is 119 Å². The van der Waals surface area contributed by atoms with E-state index < -0.39 is 9.84 Å². The lowest BCUT2D eigenvalue weighted by Crippen LogP contribution is -2.22. The molecule has 0 amide bonds. The molecule has 0 aliphatic carbocycles. The van der Waals surface area contributed by atoms with E-state index in [1.165, 1.54) is 5.57 Å². The van der Waals surface area contributed by atoms with E-state index in [1.54, 1.807) is 54.6 Å². The Hall–Kier alpha value is -3.57. The molecule has 0 N–H and O–H groups in total. The topological polar surface area (TPSA) is 52.6 Å². The van der Waals surface area contributed by atoms with Crippen molar-refractivity contribution in [3.8, 4) is 11.5 Å². The highest BCUT2D eigenvalue weighted by Crippen LogP contribution is 2.27. The third kappa shape index (κ3) is 18.4. The van der Waals surface area contributed by atoms with Gasteiger partial charge in [0.2, 0.25) is 9.84 Å². The Balaban J connectivity index is -0.00000224. The summed E-state index contributed by atoms with van der Waals surface area (Å²) >= 11 is 0. The predicted molar refractivity (Wildman–Crippen MR) is 208 cm³/mol. The van der Waals surface area contributed by atoms with Crippen molar-refractivity contribution in [2.75, 3.05) is 0 Å². The summed E-state index contributed by atoms with van der Waals surface area (Å²) in [5, 5.41) is 0. The minimum absolute atomic E-state index is 0.0897. The molecule has 5 heteroatoms. The highest BCUT2D eigenvalue weighted by molar-refractivity contribution is 7.91. The fourth-order valence-corrected chi connectivity index (χ4v) is 4.50. The number of hydrogen-bond acceptors (Lipinski definition) is 4.